The quantitative estimate of drug-likeness (QED) is 0.0778. The number of benzene rings is 4. The molecule has 276 valence electrons. The molecule has 6 nitrogen and oxygen atoms in total. The standard InChI is InChI=1S/2C11H9N.2C8H8.2C5H8O2/c2*12-10-6-2-5-9-11-7-3-1-4-8-11;2*1-2-8-6-4-3-5-7-8;2*1-4(2)5(6)7-3/h2*1-9H;2*2-7H,1H2;2*1H2,2-3H3. The molecular weight excluding hydrogens is 669 g/mol. The van der Waals surface area contributed by atoms with Crippen LogP contribution in [-0.4, -0.2) is 26.2 Å². The molecule has 0 saturated heterocycles. The summed E-state index contributed by atoms with van der Waals surface area (Å²) in [7, 11) is 2.66. The Kier molecular flexibility index (Phi) is 32.1. The van der Waals surface area contributed by atoms with E-state index in [1.54, 1.807) is 26.0 Å². The summed E-state index contributed by atoms with van der Waals surface area (Å²) in [6, 6.07) is 43.8. The number of carbonyl (C=O) groups excluding carboxylic acids is 2. The Bertz CT molecular complexity index is 1700. The van der Waals surface area contributed by atoms with Crippen LogP contribution in [0.1, 0.15) is 36.1 Å². The number of methoxy groups -OCH3 is 2. The summed E-state index contributed by atoms with van der Waals surface area (Å²) in [5.41, 5.74) is 5.49. The number of hydrogen-bond acceptors (Lipinski definition) is 6. The minimum Gasteiger partial charge on any atom is -0.466 e. The maximum absolute atomic E-state index is 10.2. The monoisotopic (exact) mass is 718 g/mol. The molecule has 0 amide bonds. The fraction of sp³-hybridized carbons (Fsp3) is 0.0833. The average Bonchev–Trinajstić information content (AvgIpc) is 3.23. The molecule has 0 bridgehead atoms. The van der Waals surface area contributed by atoms with Crippen LogP contribution < -0.4 is 0 Å². The Morgan fingerprint density at radius 2 is 0.759 bits per heavy atom. The van der Waals surface area contributed by atoms with Crippen molar-refractivity contribution in [3.05, 3.63) is 217 Å². The highest BCUT2D eigenvalue weighted by molar-refractivity contribution is 5.87. The van der Waals surface area contributed by atoms with Crippen molar-refractivity contribution < 1.29 is 19.1 Å². The Hall–Kier alpha value is -7.28. The minimum atomic E-state index is -0.347. The van der Waals surface area contributed by atoms with Crippen molar-refractivity contribution in [1.82, 2.24) is 0 Å². The molecular formula is C48H50N2O4. The van der Waals surface area contributed by atoms with E-state index in [4.69, 9.17) is 10.5 Å². The van der Waals surface area contributed by atoms with Crippen LogP contribution in [0.5, 0.6) is 0 Å². The molecule has 0 saturated carbocycles. The summed E-state index contributed by atoms with van der Waals surface area (Å²) < 4.78 is 8.55. The summed E-state index contributed by atoms with van der Waals surface area (Å²) in [6.45, 7) is 17.2. The Morgan fingerprint density at radius 3 is 0.926 bits per heavy atom. The number of hydrogen-bond donors (Lipinski definition) is 0. The van der Waals surface area contributed by atoms with Crippen LogP contribution in [0.15, 0.2) is 195 Å². The van der Waals surface area contributed by atoms with Crippen LogP contribution in [0.4, 0.5) is 0 Å². The van der Waals surface area contributed by atoms with Gasteiger partial charge in [-0.25, -0.2) is 9.59 Å². The molecule has 0 radical (unpaired) electrons. The van der Waals surface area contributed by atoms with Crippen LogP contribution >= 0.6 is 0 Å². The zero-order chi connectivity index (χ0) is 40.7. The van der Waals surface area contributed by atoms with Crippen LogP contribution in [-0.2, 0) is 19.1 Å². The van der Waals surface area contributed by atoms with Crippen molar-refractivity contribution in [2.24, 2.45) is 0 Å². The van der Waals surface area contributed by atoms with Gasteiger partial charge in [0.2, 0.25) is 0 Å². The first-order valence-corrected chi connectivity index (χ1v) is 16.5. The highest BCUT2D eigenvalue weighted by atomic mass is 16.5. The lowest BCUT2D eigenvalue weighted by atomic mass is 10.2. The fourth-order valence-corrected chi connectivity index (χ4v) is 3.19. The third-order valence-corrected chi connectivity index (χ3v) is 5.88. The van der Waals surface area contributed by atoms with Gasteiger partial charge in [0.1, 0.15) is 0 Å². The lowest BCUT2D eigenvalue weighted by Crippen LogP contribution is -1.98. The number of nitriles is 2. The number of ether oxygens (including phenoxy) is 2. The summed E-state index contributed by atoms with van der Waals surface area (Å²) >= 11 is 0. The molecule has 0 fully saturated rings. The van der Waals surface area contributed by atoms with Gasteiger partial charge in [-0.1, -0.05) is 196 Å². The molecule has 0 heterocycles. The van der Waals surface area contributed by atoms with E-state index in [-0.39, 0.29) is 11.9 Å². The average molecular weight is 719 g/mol. The topological polar surface area (TPSA) is 100 Å². The van der Waals surface area contributed by atoms with Crippen molar-refractivity contribution >= 4 is 36.2 Å². The molecule has 0 N–H and O–H groups in total. The molecule has 54 heavy (non-hydrogen) atoms. The van der Waals surface area contributed by atoms with Gasteiger partial charge in [-0.2, -0.15) is 10.5 Å². The van der Waals surface area contributed by atoms with Crippen molar-refractivity contribution in [2.75, 3.05) is 14.2 Å². The van der Waals surface area contributed by atoms with E-state index in [9.17, 15) is 9.59 Å². The highest BCUT2D eigenvalue weighted by Crippen LogP contribution is 2.02. The number of allylic oxidation sites excluding steroid dienone is 6. The molecule has 0 unspecified atom stereocenters. The molecule has 0 aliphatic rings. The molecule has 0 spiro atoms. The van der Waals surface area contributed by atoms with E-state index in [0.29, 0.717) is 11.1 Å². The second kappa shape index (κ2) is 35.5. The lowest BCUT2D eigenvalue weighted by Gasteiger charge is -1.91. The summed E-state index contributed by atoms with van der Waals surface area (Å²) in [4.78, 5) is 20.4. The second-order valence-corrected chi connectivity index (χ2v) is 10.3. The van der Waals surface area contributed by atoms with Crippen LogP contribution in [0.2, 0.25) is 0 Å². The SMILES string of the molecule is C=C(C)C(=O)OC.C=C(C)C(=O)OC.C=Cc1ccccc1.C=Cc1ccccc1.N#CC=CC=Cc1ccccc1.N#CC=CC=Cc1ccccc1. The summed E-state index contributed by atoms with van der Waals surface area (Å²) in [6.07, 6.45) is 17.6. The van der Waals surface area contributed by atoms with Crippen molar-refractivity contribution in [2.45, 2.75) is 13.8 Å². The predicted octanol–water partition coefficient (Wildman–Crippen LogP) is 11.7. The minimum absolute atomic E-state index is 0.347. The van der Waals surface area contributed by atoms with Gasteiger partial charge in [-0.15, -0.1) is 0 Å². The van der Waals surface area contributed by atoms with Gasteiger partial charge in [-0.3, -0.25) is 0 Å². The third kappa shape index (κ3) is 30.8. The van der Waals surface area contributed by atoms with Gasteiger partial charge in [0.05, 0.1) is 26.4 Å². The molecule has 0 aromatic heterocycles. The maximum atomic E-state index is 10.2. The lowest BCUT2D eigenvalue weighted by molar-refractivity contribution is -0.136. The number of carbonyl (C=O) groups is 2. The van der Waals surface area contributed by atoms with Crippen LogP contribution in [0.3, 0.4) is 0 Å². The summed E-state index contributed by atoms with van der Waals surface area (Å²) in [5, 5.41) is 16.4. The molecule has 6 heteroatoms. The first-order valence-electron chi connectivity index (χ1n) is 16.5. The smallest absolute Gasteiger partial charge is 0.332 e. The largest absolute Gasteiger partial charge is 0.466 e. The molecule has 0 atom stereocenters. The molecule has 4 aromatic rings. The fourth-order valence-electron chi connectivity index (χ4n) is 3.19. The van der Waals surface area contributed by atoms with Gasteiger partial charge in [0.15, 0.2) is 0 Å². The predicted molar refractivity (Wildman–Crippen MR) is 227 cm³/mol. The molecule has 4 aromatic carbocycles. The molecule has 4 rings (SSSR count). The van der Waals surface area contributed by atoms with Crippen LogP contribution in [0.25, 0.3) is 24.3 Å². The highest BCUT2D eigenvalue weighted by Gasteiger charge is 1.96. The van der Waals surface area contributed by atoms with Gasteiger partial charge in [-0.05, 0) is 36.1 Å². The van der Waals surface area contributed by atoms with E-state index in [2.05, 4.69) is 35.8 Å². The summed E-state index contributed by atoms with van der Waals surface area (Å²) in [5.74, 6) is -0.694. The number of rotatable bonds is 8. The van der Waals surface area contributed by atoms with E-state index < -0.39 is 0 Å². The van der Waals surface area contributed by atoms with Crippen molar-refractivity contribution in [3.63, 3.8) is 0 Å². The Balaban J connectivity index is 0. The molecule has 0 aliphatic carbocycles. The van der Waals surface area contributed by atoms with E-state index in [0.717, 1.165) is 11.1 Å². The zero-order valence-electron chi connectivity index (χ0n) is 31.7. The Labute approximate surface area is 322 Å². The van der Waals surface area contributed by atoms with E-state index >= 15 is 0 Å². The number of nitrogens with zero attached hydrogens (tertiary/aromatic N) is 2. The van der Waals surface area contributed by atoms with Crippen LogP contribution in [0, 0.1) is 22.7 Å². The first kappa shape index (κ1) is 48.8. The third-order valence-electron chi connectivity index (χ3n) is 5.88. The maximum Gasteiger partial charge on any atom is 0.332 e. The van der Waals surface area contributed by atoms with Gasteiger partial charge in [0.25, 0.3) is 0 Å². The molecule has 0 aliphatic heterocycles. The van der Waals surface area contributed by atoms with Gasteiger partial charge < -0.3 is 9.47 Å². The van der Waals surface area contributed by atoms with E-state index in [1.807, 2.05) is 170 Å². The zero-order valence-corrected chi connectivity index (χ0v) is 31.7. The van der Waals surface area contributed by atoms with E-state index in [1.165, 1.54) is 37.5 Å². The van der Waals surface area contributed by atoms with Gasteiger partial charge in [0, 0.05) is 23.3 Å². The number of esters is 2. The van der Waals surface area contributed by atoms with Gasteiger partial charge >= 0.3 is 11.9 Å². The van der Waals surface area contributed by atoms with Crippen molar-refractivity contribution in [1.29, 1.82) is 10.5 Å². The van der Waals surface area contributed by atoms with Crippen molar-refractivity contribution in [3.8, 4) is 12.1 Å². The second-order valence-electron chi connectivity index (χ2n) is 10.3. The normalized spacial score (nSPS) is 9.22. The first-order chi connectivity index (χ1) is 26.1. The Morgan fingerprint density at radius 1 is 0.500 bits per heavy atom.